The molecule has 0 aromatic carbocycles. The number of anilines is 1. The number of nitrogens with one attached hydrogen (secondary N) is 1. The maximum Gasteiger partial charge on any atom is 0.307 e. The van der Waals surface area contributed by atoms with Gasteiger partial charge in [-0.3, -0.25) is 19.0 Å². The molecular weight excluding hydrogens is 334 g/mol. The monoisotopic (exact) mass is 359 g/mol. The number of carbonyl (C=O) groups is 2. The number of aliphatic carboxylic acids is 1. The second-order valence-electron chi connectivity index (χ2n) is 6.82. The van der Waals surface area contributed by atoms with Crippen LogP contribution >= 0.6 is 0 Å². The predicted molar refractivity (Wildman–Crippen MR) is 95.7 cm³/mol. The van der Waals surface area contributed by atoms with Gasteiger partial charge in [0, 0.05) is 24.0 Å². The fourth-order valence-electron chi connectivity index (χ4n) is 3.62. The molecule has 2 aromatic rings. The van der Waals surface area contributed by atoms with Crippen LogP contribution in [0.2, 0.25) is 0 Å². The number of amides is 1. The van der Waals surface area contributed by atoms with Crippen molar-refractivity contribution in [3.05, 3.63) is 29.8 Å². The van der Waals surface area contributed by atoms with E-state index in [4.69, 9.17) is 0 Å². The maximum absolute atomic E-state index is 12.5. The molecule has 0 spiro atoms. The molecule has 26 heavy (non-hydrogen) atoms. The van der Waals surface area contributed by atoms with Crippen LogP contribution < -0.4 is 5.32 Å². The highest BCUT2D eigenvalue weighted by molar-refractivity contribution is 5.95. The first-order valence-electron chi connectivity index (χ1n) is 9.07. The van der Waals surface area contributed by atoms with E-state index in [0.717, 1.165) is 30.6 Å². The molecule has 0 saturated heterocycles. The second kappa shape index (κ2) is 7.72. The first kappa shape index (κ1) is 18.2. The molecule has 2 atom stereocenters. The maximum atomic E-state index is 12.5. The average Bonchev–Trinajstić information content (AvgIpc) is 3.22. The molecule has 2 aromatic heterocycles. The average molecular weight is 359 g/mol. The van der Waals surface area contributed by atoms with Gasteiger partial charge in [-0.05, 0) is 26.7 Å². The number of hydrogen-bond acceptors (Lipinski definition) is 4. The van der Waals surface area contributed by atoms with E-state index in [0.29, 0.717) is 25.1 Å². The van der Waals surface area contributed by atoms with Gasteiger partial charge in [0.1, 0.15) is 0 Å². The molecule has 1 aliphatic carbocycles. The highest BCUT2D eigenvalue weighted by Gasteiger charge is 2.35. The van der Waals surface area contributed by atoms with Crippen molar-refractivity contribution < 1.29 is 14.7 Å². The summed E-state index contributed by atoms with van der Waals surface area (Å²) in [6.45, 7) is 5.45. The predicted octanol–water partition coefficient (Wildman–Crippen LogP) is 2.29. The molecule has 1 fully saturated rings. The fraction of sp³-hybridized carbons (Fsp3) is 0.556. The van der Waals surface area contributed by atoms with Crippen molar-refractivity contribution in [3.8, 4) is 0 Å². The molecular formula is C18H25N5O3. The Balaban J connectivity index is 1.65. The van der Waals surface area contributed by atoms with E-state index < -0.39 is 17.8 Å². The highest BCUT2D eigenvalue weighted by Crippen LogP contribution is 2.31. The summed E-state index contributed by atoms with van der Waals surface area (Å²) in [4.78, 5) is 23.9. The first-order valence-corrected chi connectivity index (χ1v) is 9.07. The molecule has 1 aliphatic rings. The molecule has 2 N–H and O–H groups in total. The number of carbonyl (C=O) groups excluding carboxylic acids is 1. The molecule has 0 aliphatic heterocycles. The fourth-order valence-corrected chi connectivity index (χ4v) is 3.62. The van der Waals surface area contributed by atoms with Crippen molar-refractivity contribution in [1.82, 2.24) is 19.6 Å². The van der Waals surface area contributed by atoms with Crippen LogP contribution in [-0.4, -0.2) is 36.5 Å². The van der Waals surface area contributed by atoms with E-state index in [1.807, 2.05) is 24.7 Å². The van der Waals surface area contributed by atoms with Crippen LogP contribution in [0, 0.1) is 18.8 Å². The lowest BCUT2D eigenvalue weighted by Crippen LogP contribution is -2.35. The SMILES string of the molecule is CCn1ncc(Cn2cc(NC(=O)[C@H]3CCCC[C@H]3C(=O)O)cn2)c1C. The Hall–Kier alpha value is -2.64. The molecule has 2 heterocycles. The van der Waals surface area contributed by atoms with Gasteiger partial charge in [-0.2, -0.15) is 10.2 Å². The summed E-state index contributed by atoms with van der Waals surface area (Å²) in [6.07, 6.45) is 8.12. The number of hydrogen-bond donors (Lipinski definition) is 2. The van der Waals surface area contributed by atoms with Crippen molar-refractivity contribution in [2.75, 3.05) is 5.32 Å². The molecule has 0 bridgehead atoms. The largest absolute Gasteiger partial charge is 0.481 e. The van der Waals surface area contributed by atoms with Gasteiger partial charge in [0.2, 0.25) is 5.91 Å². The van der Waals surface area contributed by atoms with E-state index in [2.05, 4.69) is 15.5 Å². The molecule has 8 heteroatoms. The summed E-state index contributed by atoms with van der Waals surface area (Å²) in [5.74, 6) is -2.19. The van der Waals surface area contributed by atoms with Crippen LogP contribution in [0.25, 0.3) is 0 Å². The summed E-state index contributed by atoms with van der Waals surface area (Å²) in [5, 5.41) is 20.8. The van der Waals surface area contributed by atoms with Gasteiger partial charge in [0.15, 0.2) is 0 Å². The van der Waals surface area contributed by atoms with Gasteiger partial charge in [-0.1, -0.05) is 12.8 Å². The van der Waals surface area contributed by atoms with Crippen molar-refractivity contribution in [2.45, 2.75) is 52.6 Å². The van der Waals surface area contributed by atoms with Crippen LogP contribution in [0.4, 0.5) is 5.69 Å². The topological polar surface area (TPSA) is 102 Å². The Morgan fingerprint density at radius 3 is 2.62 bits per heavy atom. The lowest BCUT2D eigenvalue weighted by molar-refractivity contribution is -0.147. The van der Waals surface area contributed by atoms with Gasteiger partial charge in [0.05, 0.1) is 36.5 Å². The third-order valence-corrected chi connectivity index (χ3v) is 5.16. The molecule has 1 amide bonds. The third kappa shape index (κ3) is 3.79. The quantitative estimate of drug-likeness (QED) is 0.824. The minimum atomic E-state index is -0.885. The van der Waals surface area contributed by atoms with Gasteiger partial charge in [0.25, 0.3) is 0 Å². The zero-order valence-electron chi connectivity index (χ0n) is 15.2. The zero-order valence-corrected chi connectivity index (χ0v) is 15.2. The minimum Gasteiger partial charge on any atom is -0.481 e. The molecule has 0 radical (unpaired) electrons. The minimum absolute atomic E-state index is 0.230. The lowest BCUT2D eigenvalue weighted by Gasteiger charge is -2.27. The molecule has 3 rings (SSSR count). The number of carboxylic acid groups (broad SMARTS) is 1. The summed E-state index contributed by atoms with van der Waals surface area (Å²) in [5.41, 5.74) is 2.76. The standard InChI is InChI=1S/C18H25N5O3/c1-3-23-12(2)13(8-20-23)10-22-11-14(9-19-22)21-17(24)15-6-4-5-7-16(15)18(25)26/h8-9,11,15-16H,3-7,10H2,1-2H3,(H,21,24)(H,25,26)/t15-,16+/m0/s1. The smallest absolute Gasteiger partial charge is 0.307 e. The molecule has 1 saturated carbocycles. The summed E-state index contributed by atoms with van der Waals surface area (Å²) < 4.78 is 3.67. The Morgan fingerprint density at radius 2 is 1.96 bits per heavy atom. The van der Waals surface area contributed by atoms with Gasteiger partial charge < -0.3 is 10.4 Å². The van der Waals surface area contributed by atoms with Crippen LogP contribution in [0.5, 0.6) is 0 Å². The summed E-state index contributed by atoms with van der Waals surface area (Å²) in [7, 11) is 0. The Labute approximate surface area is 152 Å². The Morgan fingerprint density at radius 1 is 1.23 bits per heavy atom. The van der Waals surface area contributed by atoms with Crippen LogP contribution in [0.3, 0.4) is 0 Å². The second-order valence-corrected chi connectivity index (χ2v) is 6.82. The zero-order chi connectivity index (χ0) is 18.7. The van der Waals surface area contributed by atoms with Gasteiger partial charge in [-0.25, -0.2) is 0 Å². The highest BCUT2D eigenvalue weighted by atomic mass is 16.4. The molecule has 140 valence electrons. The normalized spacial score (nSPS) is 20.1. The van der Waals surface area contributed by atoms with Crippen molar-refractivity contribution in [1.29, 1.82) is 0 Å². The summed E-state index contributed by atoms with van der Waals surface area (Å²) >= 11 is 0. The Bertz CT molecular complexity index is 795. The molecule has 0 unspecified atom stereocenters. The van der Waals surface area contributed by atoms with Crippen LogP contribution in [0.15, 0.2) is 18.6 Å². The van der Waals surface area contributed by atoms with Crippen LogP contribution in [-0.2, 0) is 22.7 Å². The number of aryl methyl sites for hydroxylation is 1. The van der Waals surface area contributed by atoms with Gasteiger partial charge >= 0.3 is 5.97 Å². The van der Waals surface area contributed by atoms with Crippen molar-refractivity contribution in [3.63, 3.8) is 0 Å². The summed E-state index contributed by atoms with van der Waals surface area (Å²) in [6, 6.07) is 0. The van der Waals surface area contributed by atoms with Gasteiger partial charge in [-0.15, -0.1) is 0 Å². The van der Waals surface area contributed by atoms with Crippen molar-refractivity contribution >= 4 is 17.6 Å². The number of aromatic nitrogens is 4. The van der Waals surface area contributed by atoms with E-state index >= 15 is 0 Å². The van der Waals surface area contributed by atoms with E-state index in [9.17, 15) is 14.7 Å². The number of rotatable bonds is 6. The van der Waals surface area contributed by atoms with E-state index in [-0.39, 0.29) is 5.91 Å². The lowest BCUT2D eigenvalue weighted by atomic mass is 9.78. The number of carboxylic acids is 1. The van der Waals surface area contributed by atoms with Crippen molar-refractivity contribution in [2.24, 2.45) is 11.8 Å². The number of nitrogens with zero attached hydrogens (tertiary/aromatic N) is 4. The Kier molecular flexibility index (Phi) is 5.39. The third-order valence-electron chi connectivity index (χ3n) is 5.16. The van der Waals surface area contributed by atoms with Crippen LogP contribution in [0.1, 0.15) is 43.9 Å². The van der Waals surface area contributed by atoms with E-state index in [1.165, 1.54) is 0 Å². The first-order chi connectivity index (χ1) is 12.5. The molecule has 8 nitrogen and oxygen atoms in total. The van der Waals surface area contributed by atoms with E-state index in [1.54, 1.807) is 17.1 Å².